The maximum absolute atomic E-state index is 9.14. The van der Waals surface area contributed by atoms with Crippen LogP contribution in [0.5, 0.6) is 5.75 Å². The minimum Gasteiger partial charge on any atom is -0.508 e. The monoisotopic (exact) mass is 257 g/mol. The second-order valence-corrected chi connectivity index (χ2v) is 3.56. The van der Waals surface area contributed by atoms with Crippen molar-refractivity contribution in [3.8, 4) is 5.75 Å². The lowest BCUT2D eigenvalue weighted by Crippen LogP contribution is -2.29. The molecule has 0 spiro atoms. The SMILES string of the molecule is Br.Oc1ccc(N2CCCCC2)cc1. The van der Waals surface area contributed by atoms with Gasteiger partial charge in [-0.3, -0.25) is 0 Å². The average molecular weight is 258 g/mol. The van der Waals surface area contributed by atoms with E-state index < -0.39 is 0 Å². The first kappa shape index (κ1) is 11.4. The van der Waals surface area contributed by atoms with Gasteiger partial charge in [-0.2, -0.15) is 0 Å². The highest BCUT2D eigenvalue weighted by atomic mass is 79.9. The minimum atomic E-state index is 0. The van der Waals surface area contributed by atoms with Crippen molar-refractivity contribution in [2.45, 2.75) is 19.3 Å². The molecule has 1 N–H and O–H groups in total. The van der Waals surface area contributed by atoms with Gasteiger partial charge in [-0.15, -0.1) is 17.0 Å². The maximum Gasteiger partial charge on any atom is 0.115 e. The van der Waals surface area contributed by atoms with E-state index in [2.05, 4.69) is 4.90 Å². The number of benzene rings is 1. The van der Waals surface area contributed by atoms with E-state index in [-0.39, 0.29) is 17.0 Å². The second kappa shape index (κ2) is 5.25. The molecule has 14 heavy (non-hydrogen) atoms. The molecule has 0 bridgehead atoms. The Labute approximate surface area is 95.3 Å². The van der Waals surface area contributed by atoms with Gasteiger partial charge >= 0.3 is 0 Å². The first-order chi connectivity index (χ1) is 6.36. The fourth-order valence-electron chi connectivity index (χ4n) is 1.82. The zero-order chi connectivity index (χ0) is 9.10. The molecular formula is C11H16BrNO. The number of halogens is 1. The Bertz CT molecular complexity index is 267. The van der Waals surface area contributed by atoms with Crippen molar-refractivity contribution < 1.29 is 5.11 Å². The summed E-state index contributed by atoms with van der Waals surface area (Å²) in [6.07, 6.45) is 3.94. The summed E-state index contributed by atoms with van der Waals surface area (Å²) in [5, 5.41) is 9.14. The topological polar surface area (TPSA) is 23.5 Å². The Morgan fingerprint density at radius 1 is 0.929 bits per heavy atom. The molecule has 1 heterocycles. The normalized spacial score (nSPS) is 16.1. The standard InChI is InChI=1S/C11H15NO.BrH/c13-11-6-4-10(5-7-11)12-8-2-1-3-9-12;/h4-7,13H,1-3,8-9H2;1H. The molecule has 78 valence electrons. The van der Waals surface area contributed by atoms with Crippen LogP contribution in [0.2, 0.25) is 0 Å². The van der Waals surface area contributed by atoms with E-state index in [1.165, 1.54) is 24.9 Å². The summed E-state index contributed by atoms with van der Waals surface area (Å²) in [5.74, 6) is 0.348. The molecule has 0 saturated carbocycles. The van der Waals surface area contributed by atoms with Gasteiger partial charge in [0.25, 0.3) is 0 Å². The number of hydrogen-bond donors (Lipinski definition) is 1. The molecule has 1 aromatic rings. The van der Waals surface area contributed by atoms with Gasteiger partial charge in [0.2, 0.25) is 0 Å². The zero-order valence-electron chi connectivity index (χ0n) is 8.15. The van der Waals surface area contributed by atoms with Gasteiger partial charge in [-0.25, -0.2) is 0 Å². The fraction of sp³-hybridized carbons (Fsp3) is 0.455. The first-order valence-corrected chi connectivity index (χ1v) is 4.90. The molecule has 0 aromatic heterocycles. The smallest absolute Gasteiger partial charge is 0.115 e. The second-order valence-electron chi connectivity index (χ2n) is 3.56. The zero-order valence-corrected chi connectivity index (χ0v) is 9.86. The van der Waals surface area contributed by atoms with Gasteiger partial charge in [0.05, 0.1) is 0 Å². The Kier molecular flexibility index (Phi) is 4.26. The third kappa shape index (κ3) is 2.64. The number of rotatable bonds is 1. The molecule has 2 nitrogen and oxygen atoms in total. The summed E-state index contributed by atoms with van der Waals surface area (Å²) in [6.45, 7) is 2.32. The highest BCUT2D eigenvalue weighted by Crippen LogP contribution is 2.21. The molecule has 0 unspecified atom stereocenters. The van der Waals surface area contributed by atoms with Crippen molar-refractivity contribution in [1.29, 1.82) is 0 Å². The number of piperidine rings is 1. The summed E-state index contributed by atoms with van der Waals surface area (Å²) in [5.41, 5.74) is 1.23. The lowest BCUT2D eigenvalue weighted by molar-refractivity contribution is 0.475. The van der Waals surface area contributed by atoms with Crippen LogP contribution >= 0.6 is 17.0 Å². The molecule has 1 aliphatic rings. The van der Waals surface area contributed by atoms with E-state index in [0.717, 1.165) is 13.1 Å². The molecular weight excluding hydrogens is 242 g/mol. The van der Waals surface area contributed by atoms with Crippen molar-refractivity contribution in [2.75, 3.05) is 18.0 Å². The Hall–Kier alpha value is -0.700. The van der Waals surface area contributed by atoms with Crippen LogP contribution in [-0.4, -0.2) is 18.2 Å². The van der Waals surface area contributed by atoms with Gasteiger partial charge in [-0.1, -0.05) is 0 Å². The number of hydrogen-bond acceptors (Lipinski definition) is 2. The van der Waals surface area contributed by atoms with Crippen LogP contribution in [0, 0.1) is 0 Å². The van der Waals surface area contributed by atoms with Gasteiger partial charge in [0.1, 0.15) is 5.75 Å². The molecule has 1 fully saturated rings. The number of phenols is 1. The number of aromatic hydroxyl groups is 1. The van der Waals surface area contributed by atoms with Crippen LogP contribution in [0.15, 0.2) is 24.3 Å². The van der Waals surface area contributed by atoms with Gasteiger partial charge in [0, 0.05) is 18.8 Å². The first-order valence-electron chi connectivity index (χ1n) is 4.90. The third-order valence-corrected chi connectivity index (χ3v) is 2.57. The molecule has 3 heteroatoms. The van der Waals surface area contributed by atoms with Crippen LogP contribution in [0.3, 0.4) is 0 Å². The molecule has 0 radical (unpaired) electrons. The maximum atomic E-state index is 9.14. The van der Waals surface area contributed by atoms with Crippen molar-refractivity contribution in [1.82, 2.24) is 0 Å². The number of nitrogens with zero attached hydrogens (tertiary/aromatic N) is 1. The minimum absolute atomic E-state index is 0. The molecule has 2 rings (SSSR count). The highest BCUT2D eigenvalue weighted by molar-refractivity contribution is 8.93. The van der Waals surface area contributed by atoms with Crippen LogP contribution < -0.4 is 4.90 Å². The van der Waals surface area contributed by atoms with E-state index in [9.17, 15) is 0 Å². The molecule has 1 aromatic carbocycles. The lowest BCUT2D eigenvalue weighted by Gasteiger charge is -2.28. The van der Waals surface area contributed by atoms with Crippen molar-refractivity contribution >= 4 is 22.7 Å². The summed E-state index contributed by atoms with van der Waals surface area (Å²) in [6, 6.07) is 7.48. The molecule has 1 aliphatic heterocycles. The van der Waals surface area contributed by atoms with Gasteiger partial charge in [-0.05, 0) is 43.5 Å². The van der Waals surface area contributed by atoms with E-state index in [0.29, 0.717) is 5.75 Å². The van der Waals surface area contributed by atoms with Crippen LogP contribution in [-0.2, 0) is 0 Å². The number of anilines is 1. The molecule has 0 atom stereocenters. The van der Waals surface area contributed by atoms with E-state index >= 15 is 0 Å². The van der Waals surface area contributed by atoms with Crippen LogP contribution in [0.25, 0.3) is 0 Å². The quantitative estimate of drug-likeness (QED) is 0.837. The fourth-order valence-corrected chi connectivity index (χ4v) is 1.82. The average Bonchev–Trinajstić information content (AvgIpc) is 2.20. The molecule has 0 amide bonds. The van der Waals surface area contributed by atoms with Crippen LogP contribution in [0.4, 0.5) is 5.69 Å². The highest BCUT2D eigenvalue weighted by Gasteiger charge is 2.09. The predicted octanol–water partition coefficient (Wildman–Crippen LogP) is 2.96. The summed E-state index contributed by atoms with van der Waals surface area (Å²) < 4.78 is 0. The van der Waals surface area contributed by atoms with Crippen molar-refractivity contribution in [3.63, 3.8) is 0 Å². The van der Waals surface area contributed by atoms with Gasteiger partial charge < -0.3 is 10.0 Å². The lowest BCUT2D eigenvalue weighted by atomic mass is 10.1. The van der Waals surface area contributed by atoms with Crippen LogP contribution in [0.1, 0.15) is 19.3 Å². The summed E-state index contributed by atoms with van der Waals surface area (Å²) >= 11 is 0. The molecule has 1 saturated heterocycles. The van der Waals surface area contributed by atoms with E-state index in [1.54, 1.807) is 12.1 Å². The largest absolute Gasteiger partial charge is 0.508 e. The molecule has 0 aliphatic carbocycles. The number of phenolic OH excluding ortho intramolecular Hbond substituents is 1. The summed E-state index contributed by atoms with van der Waals surface area (Å²) in [4.78, 5) is 2.38. The van der Waals surface area contributed by atoms with E-state index in [4.69, 9.17) is 5.11 Å². The van der Waals surface area contributed by atoms with Crippen molar-refractivity contribution in [3.05, 3.63) is 24.3 Å². The Morgan fingerprint density at radius 3 is 2.07 bits per heavy atom. The Balaban J connectivity index is 0.000000980. The van der Waals surface area contributed by atoms with E-state index in [1.807, 2.05) is 12.1 Å². The van der Waals surface area contributed by atoms with Crippen molar-refractivity contribution in [2.24, 2.45) is 0 Å². The third-order valence-electron chi connectivity index (χ3n) is 2.57. The Morgan fingerprint density at radius 2 is 1.50 bits per heavy atom. The predicted molar refractivity (Wildman–Crippen MR) is 64.5 cm³/mol. The summed E-state index contributed by atoms with van der Waals surface area (Å²) in [7, 11) is 0. The van der Waals surface area contributed by atoms with Gasteiger partial charge in [0.15, 0.2) is 0 Å².